The van der Waals surface area contributed by atoms with Gasteiger partial charge in [-0.05, 0) is 19.1 Å². The van der Waals surface area contributed by atoms with Crippen LogP contribution in [-0.4, -0.2) is 25.0 Å². The Balaban J connectivity index is 2.87. The second-order valence-corrected chi connectivity index (χ2v) is 4.55. The third-order valence-corrected chi connectivity index (χ3v) is 2.43. The van der Waals surface area contributed by atoms with Gasteiger partial charge in [0.05, 0.1) is 19.0 Å². The first-order chi connectivity index (χ1) is 7.58. The van der Waals surface area contributed by atoms with Crippen molar-refractivity contribution >= 4 is 27.5 Å². The molecule has 0 saturated carbocycles. The normalized spacial score (nSPS) is 11.8. The summed E-state index contributed by atoms with van der Waals surface area (Å²) in [6.45, 7) is 1.76. The molecule has 0 heterocycles. The van der Waals surface area contributed by atoms with E-state index in [4.69, 9.17) is 9.47 Å². The molecular formula is C11H14BrNO3. The van der Waals surface area contributed by atoms with Crippen molar-refractivity contribution in [2.24, 2.45) is 0 Å². The zero-order chi connectivity index (χ0) is 12.1. The van der Waals surface area contributed by atoms with E-state index in [0.717, 1.165) is 0 Å². The number of carbonyl (C=O) groups is 1. The van der Waals surface area contributed by atoms with Gasteiger partial charge in [0.25, 0.3) is 0 Å². The molecule has 0 bridgehead atoms. The van der Waals surface area contributed by atoms with Gasteiger partial charge in [-0.3, -0.25) is 4.79 Å². The quantitative estimate of drug-likeness (QED) is 0.866. The van der Waals surface area contributed by atoms with E-state index in [0.29, 0.717) is 17.2 Å². The highest BCUT2D eigenvalue weighted by atomic mass is 79.9. The Morgan fingerprint density at radius 1 is 1.31 bits per heavy atom. The molecule has 16 heavy (non-hydrogen) atoms. The van der Waals surface area contributed by atoms with E-state index >= 15 is 0 Å². The van der Waals surface area contributed by atoms with E-state index in [1.165, 1.54) is 0 Å². The Hall–Kier alpha value is -1.23. The fourth-order valence-corrected chi connectivity index (χ4v) is 1.27. The molecule has 88 valence electrons. The molecule has 0 fully saturated rings. The Morgan fingerprint density at radius 2 is 1.94 bits per heavy atom. The van der Waals surface area contributed by atoms with Crippen LogP contribution in [0.15, 0.2) is 18.2 Å². The van der Waals surface area contributed by atoms with Crippen LogP contribution >= 0.6 is 15.9 Å². The molecule has 0 spiro atoms. The fourth-order valence-electron chi connectivity index (χ4n) is 1.16. The van der Waals surface area contributed by atoms with Crippen LogP contribution < -0.4 is 14.8 Å². The molecule has 1 rings (SSSR count). The summed E-state index contributed by atoms with van der Waals surface area (Å²) in [6.07, 6.45) is 0. The monoisotopic (exact) mass is 287 g/mol. The molecule has 0 aromatic heterocycles. The van der Waals surface area contributed by atoms with E-state index in [-0.39, 0.29) is 10.7 Å². The highest BCUT2D eigenvalue weighted by Gasteiger charge is 2.10. The molecule has 4 nitrogen and oxygen atoms in total. The average molecular weight is 288 g/mol. The van der Waals surface area contributed by atoms with Crippen molar-refractivity contribution in [1.29, 1.82) is 0 Å². The smallest absolute Gasteiger partial charge is 0.237 e. The first-order valence-electron chi connectivity index (χ1n) is 4.75. The van der Waals surface area contributed by atoms with Crippen molar-refractivity contribution in [1.82, 2.24) is 0 Å². The number of halogens is 1. The number of hydrogen-bond acceptors (Lipinski definition) is 3. The van der Waals surface area contributed by atoms with Crippen LogP contribution in [0.3, 0.4) is 0 Å². The predicted molar refractivity (Wildman–Crippen MR) is 66.6 cm³/mol. The molecule has 0 aliphatic rings. The Morgan fingerprint density at radius 3 is 2.44 bits per heavy atom. The summed E-state index contributed by atoms with van der Waals surface area (Å²) in [5, 5.41) is 2.75. The van der Waals surface area contributed by atoms with Gasteiger partial charge in [-0.1, -0.05) is 15.9 Å². The number of rotatable bonds is 4. The van der Waals surface area contributed by atoms with Crippen LogP contribution in [-0.2, 0) is 4.79 Å². The average Bonchev–Trinajstić information content (AvgIpc) is 2.28. The maximum absolute atomic E-state index is 11.4. The SMILES string of the molecule is COc1ccc(NC(=O)C(C)Br)cc1OC. The fraction of sp³-hybridized carbons (Fsp3) is 0.364. The molecule has 5 heteroatoms. The molecular weight excluding hydrogens is 274 g/mol. The summed E-state index contributed by atoms with van der Waals surface area (Å²) >= 11 is 3.19. The van der Waals surface area contributed by atoms with Crippen molar-refractivity contribution in [2.45, 2.75) is 11.8 Å². The van der Waals surface area contributed by atoms with E-state index in [9.17, 15) is 4.79 Å². The van der Waals surface area contributed by atoms with Gasteiger partial charge in [0, 0.05) is 11.8 Å². The maximum Gasteiger partial charge on any atom is 0.237 e. The zero-order valence-electron chi connectivity index (χ0n) is 9.41. The van der Waals surface area contributed by atoms with E-state index in [2.05, 4.69) is 21.2 Å². The lowest BCUT2D eigenvalue weighted by Gasteiger charge is -2.11. The van der Waals surface area contributed by atoms with Gasteiger partial charge >= 0.3 is 0 Å². The molecule has 1 N–H and O–H groups in total. The van der Waals surface area contributed by atoms with Crippen molar-refractivity contribution in [3.05, 3.63) is 18.2 Å². The summed E-state index contributed by atoms with van der Waals surface area (Å²) in [5.41, 5.74) is 0.675. The van der Waals surface area contributed by atoms with Crippen LogP contribution in [0.5, 0.6) is 11.5 Å². The molecule has 1 aromatic carbocycles. The minimum absolute atomic E-state index is 0.104. The summed E-state index contributed by atoms with van der Waals surface area (Å²) in [5.74, 6) is 1.11. The third-order valence-electron chi connectivity index (χ3n) is 2.01. The predicted octanol–water partition coefficient (Wildman–Crippen LogP) is 2.43. The molecule has 0 radical (unpaired) electrons. The van der Waals surface area contributed by atoms with Crippen molar-refractivity contribution in [3.8, 4) is 11.5 Å². The summed E-state index contributed by atoms with van der Waals surface area (Å²) in [4.78, 5) is 11.2. The Bertz CT molecular complexity index is 379. The topological polar surface area (TPSA) is 47.6 Å². The molecule has 1 atom stereocenters. The number of alkyl halides is 1. The van der Waals surface area contributed by atoms with Crippen molar-refractivity contribution in [2.75, 3.05) is 19.5 Å². The third kappa shape index (κ3) is 3.13. The van der Waals surface area contributed by atoms with Crippen LogP contribution in [0.25, 0.3) is 0 Å². The lowest BCUT2D eigenvalue weighted by atomic mass is 10.2. The minimum atomic E-state index is -0.236. The number of nitrogens with one attached hydrogen (secondary N) is 1. The summed E-state index contributed by atoms with van der Waals surface area (Å²) in [6, 6.07) is 5.22. The van der Waals surface area contributed by atoms with Gasteiger partial charge in [0.1, 0.15) is 0 Å². The molecule has 1 unspecified atom stereocenters. The van der Waals surface area contributed by atoms with E-state index in [1.807, 2.05) is 0 Å². The Kier molecular flexibility index (Phi) is 4.61. The lowest BCUT2D eigenvalue weighted by molar-refractivity contribution is -0.115. The number of anilines is 1. The Labute approximate surface area is 103 Å². The van der Waals surface area contributed by atoms with Gasteiger partial charge in [0.2, 0.25) is 5.91 Å². The summed E-state index contributed by atoms with van der Waals surface area (Å²) < 4.78 is 10.2. The van der Waals surface area contributed by atoms with Gasteiger partial charge in [-0.15, -0.1) is 0 Å². The molecule has 1 aromatic rings. The zero-order valence-corrected chi connectivity index (χ0v) is 11.0. The number of methoxy groups -OCH3 is 2. The minimum Gasteiger partial charge on any atom is -0.493 e. The lowest BCUT2D eigenvalue weighted by Crippen LogP contribution is -2.19. The molecule has 0 saturated heterocycles. The first kappa shape index (κ1) is 12.8. The van der Waals surface area contributed by atoms with Gasteiger partial charge in [0.15, 0.2) is 11.5 Å². The van der Waals surface area contributed by atoms with E-state index in [1.54, 1.807) is 39.3 Å². The highest BCUT2D eigenvalue weighted by molar-refractivity contribution is 9.10. The second-order valence-electron chi connectivity index (χ2n) is 3.18. The standard InChI is InChI=1S/C11H14BrNO3/c1-7(12)11(14)13-8-4-5-9(15-2)10(6-8)16-3/h4-7H,1-3H3,(H,13,14). The van der Waals surface area contributed by atoms with Crippen LogP contribution in [0.4, 0.5) is 5.69 Å². The molecule has 1 amide bonds. The van der Waals surface area contributed by atoms with E-state index < -0.39 is 0 Å². The number of benzene rings is 1. The van der Waals surface area contributed by atoms with Crippen LogP contribution in [0, 0.1) is 0 Å². The second kappa shape index (κ2) is 5.75. The maximum atomic E-state index is 11.4. The highest BCUT2D eigenvalue weighted by Crippen LogP contribution is 2.29. The number of hydrogen-bond donors (Lipinski definition) is 1. The first-order valence-corrected chi connectivity index (χ1v) is 5.67. The van der Waals surface area contributed by atoms with Crippen molar-refractivity contribution < 1.29 is 14.3 Å². The van der Waals surface area contributed by atoms with Gasteiger partial charge in [-0.25, -0.2) is 0 Å². The van der Waals surface area contributed by atoms with Gasteiger partial charge in [-0.2, -0.15) is 0 Å². The largest absolute Gasteiger partial charge is 0.493 e. The van der Waals surface area contributed by atoms with Crippen molar-refractivity contribution in [3.63, 3.8) is 0 Å². The van der Waals surface area contributed by atoms with Crippen LogP contribution in [0.1, 0.15) is 6.92 Å². The molecule has 0 aliphatic heterocycles. The summed E-state index contributed by atoms with van der Waals surface area (Å²) in [7, 11) is 3.12. The number of amides is 1. The van der Waals surface area contributed by atoms with Gasteiger partial charge < -0.3 is 14.8 Å². The van der Waals surface area contributed by atoms with Crippen LogP contribution in [0.2, 0.25) is 0 Å². The molecule has 0 aliphatic carbocycles. The number of carbonyl (C=O) groups excluding carboxylic acids is 1. The number of ether oxygens (including phenoxy) is 2.